The largest absolute Gasteiger partial charge is 0.284 e. The van der Waals surface area contributed by atoms with Gasteiger partial charge in [0.1, 0.15) is 4.60 Å². The van der Waals surface area contributed by atoms with E-state index in [1.807, 2.05) is 22.6 Å². The SMILES string of the molecule is Clc1ccc2ncc3ncc(Br)n3c2c1. The number of rotatable bonds is 0. The van der Waals surface area contributed by atoms with Crippen LogP contribution < -0.4 is 0 Å². The highest BCUT2D eigenvalue weighted by Crippen LogP contribution is 2.22. The monoisotopic (exact) mass is 281 g/mol. The summed E-state index contributed by atoms with van der Waals surface area (Å²) in [5.74, 6) is 0. The topological polar surface area (TPSA) is 30.2 Å². The molecule has 0 saturated heterocycles. The second-order valence-corrected chi connectivity index (χ2v) is 4.41. The standard InChI is InChI=1S/C10H5BrClN3/c11-9-4-14-10-5-13-7-2-1-6(12)3-8(7)15(9)10/h1-5H. The zero-order chi connectivity index (χ0) is 10.4. The summed E-state index contributed by atoms with van der Waals surface area (Å²) in [5.41, 5.74) is 2.65. The molecule has 2 heterocycles. The van der Waals surface area contributed by atoms with Crippen LogP contribution in [-0.2, 0) is 0 Å². The molecule has 0 aliphatic heterocycles. The number of aromatic nitrogens is 3. The third-order valence-electron chi connectivity index (χ3n) is 2.24. The molecule has 0 unspecified atom stereocenters. The summed E-state index contributed by atoms with van der Waals surface area (Å²) >= 11 is 9.40. The minimum absolute atomic E-state index is 0.692. The molecule has 0 aliphatic rings. The molecule has 5 heteroatoms. The van der Waals surface area contributed by atoms with Gasteiger partial charge in [-0.05, 0) is 34.1 Å². The smallest absolute Gasteiger partial charge is 0.156 e. The first-order valence-corrected chi connectivity index (χ1v) is 5.50. The van der Waals surface area contributed by atoms with Crippen LogP contribution >= 0.6 is 27.5 Å². The van der Waals surface area contributed by atoms with Crippen LogP contribution in [0.1, 0.15) is 0 Å². The first-order valence-electron chi connectivity index (χ1n) is 4.33. The lowest BCUT2D eigenvalue weighted by Gasteiger charge is -2.02. The van der Waals surface area contributed by atoms with Gasteiger partial charge in [0, 0.05) is 5.02 Å². The van der Waals surface area contributed by atoms with Crippen molar-refractivity contribution in [3.05, 3.63) is 40.2 Å². The van der Waals surface area contributed by atoms with Gasteiger partial charge in [0.2, 0.25) is 0 Å². The van der Waals surface area contributed by atoms with Crippen LogP contribution in [0.5, 0.6) is 0 Å². The number of hydrogen-bond donors (Lipinski definition) is 0. The Hall–Kier alpha value is -1.13. The fraction of sp³-hybridized carbons (Fsp3) is 0. The predicted octanol–water partition coefficient (Wildman–Crippen LogP) is 3.30. The van der Waals surface area contributed by atoms with E-state index in [1.54, 1.807) is 12.4 Å². The summed E-state index contributed by atoms with van der Waals surface area (Å²) in [6.45, 7) is 0. The van der Waals surface area contributed by atoms with Gasteiger partial charge in [-0.15, -0.1) is 0 Å². The van der Waals surface area contributed by atoms with Gasteiger partial charge >= 0.3 is 0 Å². The Bertz CT molecular complexity index is 662. The van der Waals surface area contributed by atoms with E-state index in [0.717, 1.165) is 21.3 Å². The third-order valence-corrected chi connectivity index (χ3v) is 3.04. The fourth-order valence-corrected chi connectivity index (χ4v) is 2.23. The number of nitrogens with zero attached hydrogens (tertiary/aromatic N) is 3. The quantitative estimate of drug-likeness (QED) is 0.633. The molecule has 3 rings (SSSR count). The molecule has 1 aromatic carbocycles. The zero-order valence-electron chi connectivity index (χ0n) is 7.48. The summed E-state index contributed by atoms with van der Waals surface area (Å²) in [6.07, 6.45) is 3.48. The molecule has 0 bridgehead atoms. The van der Waals surface area contributed by atoms with Crippen LogP contribution in [0.25, 0.3) is 16.7 Å². The van der Waals surface area contributed by atoms with Crippen LogP contribution in [0.15, 0.2) is 35.2 Å². The summed E-state index contributed by atoms with van der Waals surface area (Å²) < 4.78 is 2.86. The zero-order valence-corrected chi connectivity index (χ0v) is 9.83. The van der Waals surface area contributed by atoms with E-state index in [-0.39, 0.29) is 0 Å². The highest BCUT2D eigenvalue weighted by atomic mass is 79.9. The van der Waals surface area contributed by atoms with Crippen molar-refractivity contribution < 1.29 is 0 Å². The fourth-order valence-electron chi connectivity index (χ4n) is 1.59. The van der Waals surface area contributed by atoms with E-state index >= 15 is 0 Å². The van der Waals surface area contributed by atoms with Gasteiger partial charge in [0.15, 0.2) is 5.65 Å². The molecule has 3 aromatic rings. The maximum Gasteiger partial charge on any atom is 0.156 e. The van der Waals surface area contributed by atoms with E-state index in [1.165, 1.54) is 0 Å². The van der Waals surface area contributed by atoms with Crippen molar-refractivity contribution in [2.75, 3.05) is 0 Å². The highest BCUT2D eigenvalue weighted by Gasteiger charge is 2.05. The lowest BCUT2D eigenvalue weighted by molar-refractivity contribution is 1.18. The second-order valence-electron chi connectivity index (χ2n) is 3.17. The summed E-state index contributed by atoms with van der Waals surface area (Å²) in [6, 6.07) is 5.60. The normalized spacial score (nSPS) is 11.3. The molecule has 0 amide bonds. The van der Waals surface area contributed by atoms with Gasteiger partial charge in [-0.2, -0.15) is 0 Å². The van der Waals surface area contributed by atoms with Gasteiger partial charge in [-0.25, -0.2) is 4.98 Å². The molecular weight excluding hydrogens is 277 g/mol. The number of imidazole rings is 1. The molecule has 0 fully saturated rings. The number of halogens is 2. The minimum Gasteiger partial charge on any atom is -0.284 e. The van der Waals surface area contributed by atoms with Crippen LogP contribution in [-0.4, -0.2) is 14.4 Å². The molecule has 3 nitrogen and oxygen atoms in total. The molecule has 0 spiro atoms. The minimum atomic E-state index is 0.692. The van der Waals surface area contributed by atoms with E-state index in [9.17, 15) is 0 Å². The lowest BCUT2D eigenvalue weighted by Crippen LogP contribution is -1.90. The number of fused-ring (bicyclic) bond motifs is 3. The molecule has 0 radical (unpaired) electrons. The highest BCUT2D eigenvalue weighted by molar-refractivity contribution is 9.10. The van der Waals surface area contributed by atoms with Crippen LogP contribution in [0.3, 0.4) is 0 Å². The Kier molecular flexibility index (Phi) is 1.94. The van der Waals surface area contributed by atoms with Crippen molar-refractivity contribution in [2.24, 2.45) is 0 Å². The van der Waals surface area contributed by atoms with Crippen molar-refractivity contribution in [3.8, 4) is 0 Å². The second kappa shape index (κ2) is 3.18. The third kappa shape index (κ3) is 1.33. The van der Waals surface area contributed by atoms with Crippen molar-refractivity contribution in [1.82, 2.24) is 14.4 Å². The molecule has 74 valence electrons. The van der Waals surface area contributed by atoms with Gasteiger partial charge in [0.25, 0.3) is 0 Å². The van der Waals surface area contributed by atoms with Gasteiger partial charge in [-0.1, -0.05) is 11.6 Å². The van der Waals surface area contributed by atoms with Crippen LogP contribution in [0.4, 0.5) is 0 Å². The maximum atomic E-state index is 5.96. The summed E-state index contributed by atoms with van der Waals surface area (Å²) in [4.78, 5) is 8.51. The van der Waals surface area contributed by atoms with Gasteiger partial charge in [-0.3, -0.25) is 9.38 Å². The lowest BCUT2D eigenvalue weighted by atomic mass is 10.3. The Balaban J connectivity index is 2.61. The summed E-state index contributed by atoms with van der Waals surface area (Å²) in [5, 5.41) is 0.692. The molecule has 2 aromatic heterocycles. The van der Waals surface area contributed by atoms with Gasteiger partial charge in [0.05, 0.1) is 23.4 Å². The summed E-state index contributed by atoms with van der Waals surface area (Å²) in [7, 11) is 0. The van der Waals surface area contributed by atoms with E-state index < -0.39 is 0 Å². The first-order chi connectivity index (χ1) is 7.25. The average molecular weight is 283 g/mol. The van der Waals surface area contributed by atoms with Gasteiger partial charge < -0.3 is 0 Å². The van der Waals surface area contributed by atoms with Crippen molar-refractivity contribution in [3.63, 3.8) is 0 Å². The van der Waals surface area contributed by atoms with Crippen molar-refractivity contribution >= 4 is 44.2 Å². The van der Waals surface area contributed by atoms with Crippen molar-refractivity contribution in [1.29, 1.82) is 0 Å². The first kappa shape index (κ1) is 9.12. The van der Waals surface area contributed by atoms with Crippen LogP contribution in [0, 0.1) is 0 Å². The van der Waals surface area contributed by atoms with E-state index in [2.05, 4.69) is 25.9 Å². The molecule has 0 N–H and O–H groups in total. The molecule has 0 aliphatic carbocycles. The Morgan fingerprint density at radius 1 is 1.20 bits per heavy atom. The van der Waals surface area contributed by atoms with E-state index in [4.69, 9.17) is 11.6 Å². The molecular formula is C10H5BrClN3. The predicted molar refractivity (Wildman–Crippen MR) is 63.2 cm³/mol. The number of hydrogen-bond acceptors (Lipinski definition) is 2. The average Bonchev–Trinajstić information content (AvgIpc) is 2.60. The Morgan fingerprint density at radius 2 is 2.07 bits per heavy atom. The molecule has 15 heavy (non-hydrogen) atoms. The van der Waals surface area contributed by atoms with E-state index in [0.29, 0.717) is 5.02 Å². The Morgan fingerprint density at radius 3 is 2.93 bits per heavy atom. The maximum absolute atomic E-state index is 5.96. The Labute approximate surface area is 98.8 Å². The van der Waals surface area contributed by atoms with Crippen LogP contribution in [0.2, 0.25) is 5.02 Å². The number of benzene rings is 1. The molecule has 0 atom stereocenters. The van der Waals surface area contributed by atoms with Crippen molar-refractivity contribution in [2.45, 2.75) is 0 Å². The molecule has 0 saturated carbocycles.